The number of pyridine rings is 1. The SMILES string of the molecule is O=C1CCC(=O)N[C@H](Cc2cccs2)C(=O)N[C@@H](Cc2ccc(-c3ccccc3)cc2)C(=O)N[C@@H](Cc2ccncc2)C(=O)N[C@H](C(=O)O)Cc2ccc(cc2)N1. The molecule has 5 amide bonds. The van der Waals surface area contributed by atoms with Crippen LogP contribution in [0.2, 0.25) is 0 Å². The molecule has 7 rings (SSSR count). The summed E-state index contributed by atoms with van der Waals surface area (Å²) in [4.78, 5) is 85.8. The van der Waals surface area contributed by atoms with E-state index in [1.54, 1.807) is 48.8 Å². The topological polar surface area (TPSA) is 196 Å². The summed E-state index contributed by atoms with van der Waals surface area (Å²) in [7, 11) is 0. The van der Waals surface area contributed by atoms with Gasteiger partial charge in [-0.15, -0.1) is 11.3 Å². The lowest BCUT2D eigenvalue weighted by Gasteiger charge is -2.26. The number of anilines is 1. The van der Waals surface area contributed by atoms with Crippen LogP contribution < -0.4 is 26.6 Å². The zero-order valence-electron chi connectivity index (χ0n) is 30.9. The Morgan fingerprint density at radius 3 is 1.81 bits per heavy atom. The van der Waals surface area contributed by atoms with Gasteiger partial charge < -0.3 is 31.7 Å². The van der Waals surface area contributed by atoms with Gasteiger partial charge in [0.15, 0.2) is 0 Å². The van der Waals surface area contributed by atoms with Crippen LogP contribution in [0.1, 0.15) is 34.4 Å². The average Bonchev–Trinajstić information content (AvgIpc) is 3.73. The fourth-order valence-electron chi connectivity index (χ4n) is 6.41. The van der Waals surface area contributed by atoms with Crippen molar-refractivity contribution in [2.45, 2.75) is 62.7 Å². The molecule has 292 valence electrons. The molecule has 4 atom stereocenters. The molecule has 2 aromatic heterocycles. The van der Waals surface area contributed by atoms with Crippen molar-refractivity contribution >= 4 is 52.5 Å². The number of carboxylic acids is 1. The number of aliphatic carboxylic acids is 1. The van der Waals surface area contributed by atoms with Gasteiger partial charge in [-0.25, -0.2) is 4.79 Å². The number of nitrogens with one attached hydrogen (secondary N) is 5. The molecule has 0 spiro atoms. The van der Waals surface area contributed by atoms with Crippen molar-refractivity contribution in [2.75, 3.05) is 5.32 Å². The van der Waals surface area contributed by atoms with Crippen LogP contribution in [-0.4, -0.2) is 69.8 Å². The Kier molecular flexibility index (Phi) is 13.5. The largest absolute Gasteiger partial charge is 0.480 e. The summed E-state index contributed by atoms with van der Waals surface area (Å²) >= 11 is 1.40. The fourth-order valence-corrected chi connectivity index (χ4v) is 7.16. The van der Waals surface area contributed by atoms with Gasteiger partial charge in [0.2, 0.25) is 29.5 Å². The number of hydrogen-bond acceptors (Lipinski definition) is 8. The molecule has 57 heavy (non-hydrogen) atoms. The Labute approximate surface area is 333 Å². The van der Waals surface area contributed by atoms with Gasteiger partial charge in [0.1, 0.15) is 24.2 Å². The fraction of sp³-hybridized carbons (Fsp3) is 0.233. The number of benzene rings is 3. The number of nitrogens with zero attached hydrogens (tertiary/aromatic N) is 1. The number of rotatable bonds is 8. The third-order valence-corrected chi connectivity index (χ3v) is 10.4. The summed E-state index contributed by atoms with van der Waals surface area (Å²) < 4.78 is 0. The minimum absolute atomic E-state index is 0.00960. The molecule has 4 heterocycles. The monoisotopic (exact) mass is 786 g/mol. The third-order valence-electron chi connectivity index (χ3n) is 9.46. The second-order valence-electron chi connectivity index (χ2n) is 13.7. The maximum atomic E-state index is 14.4. The highest BCUT2D eigenvalue weighted by Gasteiger charge is 2.32. The second kappa shape index (κ2) is 19.3. The molecule has 6 N–H and O–H groups in total. The molecule has 2 aliphatic rings. The van der Waals surface area contributed by atoms with Gasteiger partial charge in [0.25, 0.3) is 0 Å². The first-order valence-electron chi connectivity index (χ1n) is 18.5. The van der Waals surface area contributed by atoms with Gasteiger partial charge in [-0.3, -0.25) is 29.0 Å². The van der Waals surface area contributed by atoms with E-state index < -0.39 is 59.7 Å². The van der Waals surface area contributed by atoms with Crippen molar-refractivity contribution < 1.29 is 33.9 Å². The van der Waals surface area contributed by atoms with Crippen molar-refractivity contribution in [3.05, 3.63) is 142 Å². The molecule has 0 saturated heterocycles. The molecule has 0 unspecified atom stereocenters. The van der Waals surface area contributed by atoms with E-state index >= 15 is 0 Å². The number of hydrogen-bond donors (Lipinski definition) is 6. The van der Waals surface area contributed by atoms with E-state index in [1.807, 2.05) is 72.1 Å². The first kappa shape index (κ1) is 40.0. The quantitative estimate of drug-likeness (QED) is 0.128. The summed E-state index contributed by atoms with van der Waals surface area (Å²) in [5.41, 5.74) is 4.30. The van der Waals surface area contributed by atoms with Crippen LogP contribution in [0.15, 0.2) is 121 Å². The van der Waals surface area contributed by atoms with Gasteiger partial charge >= 0.3 is 5.97 Å². The van der Waals surface area contributed by atoms with E-state index in [9.17, 15) is 33.9 Å². The maximum Gasteiger partial charge on any atom is 0.326 e. The lowest BCUT2D eigenvalue weighted by molar-refractivity contribution is -0.142. The van der Waals surface area contributed by atoms with Crippen LogP contribution in [0.4, 0.5) is 5.69 Å². The normalized spacial score (nSPS) is 19.9. The van der Waals surface area contributed by atoms with Crippen molar-refractivity contribution in [2.24, 2.45) is 0 Å². The number of carboxylic acid groups (broad SMARTS) is 1. The molecular weight excluding hydrogens is 745 g/mol. The zero-order chi connectivity index (χ0) is 40.1. The smallest absolute Gasteiger partial charge is 0.326 e. The maximum absolute atomic E-state index is 14.4. The number of fused-ring (bicyclic) bond motifs is 18. The van der Waals surface area contributed by atoms with E-state index in [0.29, 0.717) is 22.4 Å². The molecule has 0 radical (unpaired) electrons. The number of thiophene rings is 1. The molecule has 2 bridgehead atoms. The minimum atomic E-state index is -1.36. The summed E-state index contributed by atoms with van der Waals surface area (Å²) in [6.07, 6.45) is 2.75. The highest BCUT2D eigenvalue weighted by molar-refractivity contribution is 7.09. The standard InChI is InChI=1S/C43H42N6O7S/c50-38-16-17-39(51)46-36(26-33-7-4-22-57-33)42(54)48-34(23-27-8-12-31(13-9-27)30-5-2-1-3-6-30)40(52)47-35(24-29-18-20-44-21-19-29)41(53)49-37(43(55)56)25-28-10-14-32(45-38)15-11-28/h1-15,18-22,34-37H,16-17,23-26H2,(H,45,50)(H,46,51)(H,47,52)(H,48,54)(H,49,53)(H,55,56)/t34-,35-,36+,37-/m0/s1. The van der Waals surface area contributed by atoms with Crippen molar-refractivity contribution in [3.8, 4) is 11.1 Å². The Hall–Kier alpha value is -6.67. The summed E-state index contributed by atoms with van der Waals surface area (Å²) in [6, 6.07) is 25.8. The molecule has 3 aromatic carbocycles. The van der Waals surface area contributed by atoms with Crippen molar-refractivity contribution in [1.29, 1.82) is 0 Å². The Morgan fingerprint density at radius 2 is 1.19 bits per heavy atom. The van der Waals surface area contributed by atoms with Crippen LogP contribution in [-0.2, 0) is 54.5 Å². The predicted octanol–water partition coefficient (Wildman–Crippen LogP) is 3.84. The van der Waals surface area contributed by atoms with Crippen molar-refractivity contribution in [1.82, 2.24) is 26.3 Å². The van der Waals surface area contributed by atoms with Gasteiger partial charge in [-0.05, 0) is 63.5 Å². The van der Waals surface area contributed by atoms with Gasteiger partial charge in [0, 0.05) is 61.5 Å². The average molecular weight is 787 g/mol. The van der Waals surface area contributed by atoms with Crippen LogP contribution in [0.25, 0.3) is 11.1 Å². The Bertz CT molecular complexity index is 2170. The molecule has 14 heteroatoms. The van der Waals surface area contributed by atoms with E-state index in [1.165, 1.54) is 11.3 Å². The Balaban J connectivity index is 1.34. The highest BCUT2D eigenvalue weighted by atomic mass is 32.1. The van der Waals surface area contributed by atoms with Gasteiger partial charge in [0.05, 0.1) is 0 Å². The first-order chi connectivity index (χ1) is 27.6. The predicted molar refractivity (Wildman–Crippen MR) is 215 cm³/mol. The molecular formula is C43H42N6O7S. The highest BCUT2D eigenvalue weighted by Crippen LogP contribution is 2.20. The summed E-state index contributed by atoms with van der Waals surface area (Å²) in [6.45, 7) is 0. The van der Waals surface area contributed by atoms with Crippen LogP contribution in [0.3, 0.4) is 0 Å². The lowest BCUT2D eigenvalue weighted by atomic mass is 9.99. The van der Waals surface area contributed by atoms with E-state index in [0.717, 1.165) is 16.0 Å². The summed E-state index contributed by atoms with van der Waals surface area (Å²) in [5, 5.41) is 25.7. The van der Waals surface area contributed by atoms with E-state index in [4.69, 9.17) is 0 Å². The van der Waals surface area contributed by atoms with Crippen LogP contribution in [0.5, 0.6) is 0 Å². The number of carbonyl (C=O) groups excluding carboxylic acids is 5. The van der Waals surface area contributed by atoms with Gasteiger partial charge in [-0.1, -0.05) is 72.8 Å². The number of amides is 5. The summed E-state index contributed by atoms with van der Waals surface area (Å²) in [5.74, 6) is -4.35. The number of aromatic nitrogens is 1. The van der Waals surface area contributed by atoms with Crippen molar-refractivity contribution in [3.63, 3.8) is 0 Å². The molecule has 0 saturated carbocycles. The second-order valence-corrected chi connectivity index (χ2v) is 14.7. The van der Waals surface area contributed by atoms with Crippen LogP contribution >= 0.6 is 11.3 Å². The molecule has 2 aliphatic heterocycles. The lowest BCUT2D eigenvalue weighted by Crippen LogP contribution is -2.59. The molecule has 0 aliphatic carbocycles. The minimum Gasteiger partial charge on any atom is -0.480 e. The zero-order valence-corrected chi connectivity index (χ0v) is 31.7. The van der Waals surface area contributed by atoms with E-state index in [2.05, 4.69) is 31.6 Å². The molecule has 0 fully saturated rings. The first-order valence-corrected chi connectivity index (χ1v) is 19.4. The molecule has 5 aromatic rings. The third kappa shape index (κ3) is 11.7. The number of carbonyl (C=O) groups is 6. The Morgan fingerprint density at radius 1 is 0.614 bits per heavy atom. The molecule has 13 nitrogen and oxygen atoms in total. The van der Waals surface area contributed by atoms with Gasteiger partial charge in [-0.2, -0.15) is 0 Å². The van der Waals surface area contributed by atoms with E-state index in [-0.39, 0.29) is 38.5 Å². The van der Waals surface area contributed by atoms with Crippen LogP contribution in [0, 0.1) is 0 Å².